The summed E-state index contributed by atoms with van der Waals surface area (Å²) in [5.41, 5.74) is 31.1. The van der Waals surface area contributed by atoms with Crippen LogP contribution in [0.2, 0.25) is 0 Å². The van der Waals surface area contributed by atoms with Crippen molar-refractivity contribution < 1.29 is 0 Å². The third-order valence-electron chi connectivity index (χ3n) is 23.1. The van der Waals surface area contributed by atoms with Crippen LogP contribution in [-0.4, -0.2) is 0 Å². The number of nitrogens with one attached hydrogen (secondary N) is 1. The van der Waals surface area contributed by atoms with E-state index in [0.29, 0.717) is 0 Å². The number of hydrogen-bond donors (Lipinski definition) is 1. The van der Waals surface area contributed by atoms with Crippen LogP contribution < -0.4 is 15.1 Å². The Morgan fingerprint density at radius 1 is 0.185 bits per heavy atom. The van der Waals surface area contributed by atoms with E-state index in [0.717, 1.165) is 54.4 Å². The molecule has 119 heavy (non-hydrogen) atoms. The normalized spacial score (nSPS) is 11.2. The molecule has 0 aliphatic heterocycles. The van der Waals surface area contributed by atoms with Gasteiger partial charge in [0.25, 0.3) is 0 Å². The smallest absolute Gasteiger partial charge is 0.0546 e. The SMILES string of the molecule is Brc1cc2c3ccccc3c(Br)cc2c2ccccc12.Cc1ccc(N(c2ccc(-c3ccc(-c4ccccc4)cc3)cc2)c2cc3c4ccccc4c(N(c4ccc(-c5ccc(-c6ccccc6)cc5)cc4)c4ccc(C)cc4C)cc3c3ccccc23)c(C)c1.Cc1ccc(Nc2ccc(-c3ccc(-c4ccccc4)cc3)cc2)c(C)c1. The fourth-order valence-corrected chi connectivity index (χ4v) is 18.1. The number of hydrogen-bond acceptors (Lipinski definition) is 3. The predicted octanol–water partition coefficient (Wildman–Crippen LogP) is 34.0. The van der Waals surface area contributed by atoms with E-state index in [1.807, 2.05) is 6.07 Å². The van der Waals surface area contributed by atoms with Crippen molar-refractivity contribution in [3.8, 4) is 66.8 Å². The molecule has 0 heterocycles. The Morgan fingerprint density at radius 3 is 0.739 bits per heavy atom. The monoisotopic (exact) mass is 1660 g/mol. The van der Waals surface area contributed by atoms with Gasteiger partial charge in [0, 0.05) is 53.8 Å². The number of halogens is 2. The lowest BCUT2D eigenvalue weighted by Crippen LogP contribution is -2.13. The van der Waals surface area contributed by atoms with Crippen molar-refractivity contribution in [2.24, 2.45) is 0 Å². The van der Waals surface area contributed by atoms with E-state index in [9.17, 15) is 0 Å². The Balaban J connectivity index is 0.000000166. The molecule has 572 valence electrons. The van der Waals surface area contributed by atoms with Gasteiger partial charge in [-0.15, -0.1) is 0 Å². The summed E-state index contributed by atoms with van der Waals surface area (Å²) in [6.07, 6.45) is 0. The molecule has 0 spiro atoms. The minimum absolute atomic E-state index is 1.10. The first-order valence-electron chi connectivity index (χ1n) is 40.7. The Morgan fingerprint density at radius 2 is 0.429 bits per heavy atom. The van der Waals surface area contributed by atoms with Crippen LogP contribution in [0.15, 0.2) is 421 Å². The summed E-state index contributed by atoms with van der Waals surface area (Å²) in [6.45, 7) is 13.1. The van der Waals surface area contributed by atoms with Gasteiger partial charge in [0.15, 0.2) is 0 Å². The van der Waals surface area contributed by atoms with Crippen molar-refractivity contribution in [2.75, 3.05) is 15.1 Å². The highest BCUT2D eigenvalue weighted by Gasteiger charge is 2.25. The number of fused-ring (bicyclic) bond motifs is 10. The summed E-state index contributed by atoms with van der Waals surface area (Å²) in [5, 5.41) is 18.4. The van der Waals surface area contributed by atoms with Crippen LogP contribution in [0, 0.1) is 41.5 Å². The molecule has 0 bridgehead atoms. The molecule has 0 atom stereocenters. The van der Waals surface area contributed by atoms with Crippen molar-refractivity contribution in [3.05, 3.63) is 455 Å². The molecule has 0 radical (unpaired) electrons. The molecule has 0 amide bonds. The van der Waals surface area contributed by atoms with Crippen LogP contribution >= 0.6 is 31.9 Å². The second-order valence-corrected chi connectivity index (χ2v) is 32.8. The summed E-state index contributed by atoms with van der Waals surface area (Å²) in [5.74, 6) is 0. The van der Waals surface area contributed by atoms with E-state index < -0.39 is 0 Å². The molecule has 0 aliphatic carbocycles. The van der Waals surface area contributed by atoms with E-state index >= 15 is 0 Å². The van der Waals surface area contributed by atoms with Crippen LogP contribution in [0.25, 0.3) is 131 Å². The van der Waals surface area contributed by atoms with Gasteiger partial charge in [-0.05, 0) is 258 Å². The van der Waals surface area contributed by atoms with Gasteiger partial charge >= 0.3 is 0 Å². The van der Waals surface area contributed by atoms with Gasteiger partial charge in [-0.2, -0.15) is 0 Å². The van der Waals surface area contributed by atoms with Gasteiger partial charge in [-0.25, -0.2) is 0 Å². The second kappa shape index (κ2) is 33.9. The summed E-state index contributed by atoms with van der Waals surface area (Å²) in [7, 11) is 0. The molecule has 20 aromatic rings. The second-order valence-electron chi connectivity index (χ2n) is 31.1. The molecule has 0 aliphatic rings. The largest absolute Gasteiger partial charge is 0.355 e. The van der Waals surface area contributed by atoms with Gasteiger partial charge in [-0.3, -0.25) is 0 Å². The number of nitrogens with zero attached hydrogens (tertiary/aromatic N) is 2. The average molecular weight is 1660 g/mol. The van der Waals surface area contributed by atoms with Crippen molar-refractivity contribution in [2.45, 2.75) is 41.5 Å². The topological polar surface area (TPSA) is 18.5 Å². The summed E-state index contributed by atoms with van der Waals surface area (Å²) >= 11 is 7.42. The summed E-state index contributed by atoms with van der Waals surface area (Å²) in [6, 6.07) is 149. The molecule has 0 saturated heterocycles. The highest BCUT2D eigenvalue weighted by Crippen LogP contribution is 2.50. The van der Waals surface area contributed by atoms with Crippen LogP contribution in [0.1, 0.15) is 33.4 Å². The lowest BCUT2D eigenvalue weighted by Gasteiger charge is -2.31. The van der Waals surface area contributed by atoms with E-state index in [1.165, 1.54) is 165 Å². The highest BCUT2D eigenvalue weighted by molar-refractivity contribution is 9.11. The van der Waals surface area contributed by atoms with Gasteiger partial charge < -0.3 is 15.1 Å². The molecule has 3 nitrogen and oxygen atoms in total. The Kier molecular flexibility index (Phi) is 21.8. The molecule has 1 N–H and O–H groups in total. The van der Waals surface area contributed by atoms with Crippen LogP contribution in [0.4, 0.5) is 45.5 Å². The minimum Gasteiger partial charge on any atom is -0.355 e. The van der Waals surface area contributed by atoms with Crippen LogP contribution in [0.3, 0.4) is 0 Å². The summed E-state index contributed by atoms with van der Waals surface area (Å²) in [4.78, 5) is 4.94. The number of benzene rings is 20. The van der Waals surface area contributed by atoms with E-state index in [1.54, 1.807) is 0 Å². The molecular formula is C114H87Br2N3. The number of anilines is 8. The molecule has 0 saturated carbocycles. The lowest BCUT2D eigenvalue weighted by molar-refractivity contribution is 1.25. The molecule has 20 rings (SSSR count). The van der Waals surface area contributed by atoms with Crippen molar-refractivity contribution in [1.29, 1.82) is 0 Å². The average Bonchev–Trinajstić information content (AvgIpc) is 0.438. The maximum Gasteiger partial charge on any atom is 0.0546 e. The molecule has 20 aromatic carbocycles. The molecule has 0 unspecified atom stereocenters. The first-order valence-corrected chi connectivity index (χ1v) is 42.3. The van der Waals surface area contributed by atoms with E-state index in [2.05, 4.69) is 495 Å². The van der Waals surface area contributed by atoms with Gasteiger partial charge in [0.05, 0.1) is 11.4 Å². The zero-order valence-electron chi connectivity index (χ0n) is 67.4. The maximum atomic E-state index is 3.71. The zero-order chi connectivity index (χ0) is 81.0. The first kappa shape index (κ1) is 76.6. The first-order chi connectivity index (χ1) is 58.3. The third kappa shape index (κ3) is 16.0. The third-order valence-corrected chi connectivity index (χ3v) is 24.4. The molecule has 0 aromatic heterocycles. The molecule has 5 heteroatoms. The highest BCUT2D eigenvalue weighted by atomic mass is 79.9. The quantitative estimate of drug-likeness (QED) is 0.110. The number of rotatable bonds is 14. The summed E-state index contributed by atoms with van der Waals surface area (Å²) < 4.78 is 2.29. The maximum absolute atomic E-state index is 3.71. The Bertz CT molecular complexity index is 6750. The van der Waals surface area contributed by atoms with E-state index in [4.69, 9.17) is 0 Å². The van der Waals surface area contributed by atoms with E-state index in [-0.39, 0.29) is 0 Å². The van der Waals surface area contributed by atoms with Crippen LogP contribution in [0.5, 0.6) is 0 Å². The van der Waals surface area contributed by atoms with Crippen molar-refractivity contribution in [1.82, 2.24) is 0 Å². The number of aryl methyl sites for hydroxylation is 6. The molecular weight excluding hydrogens is 1570 g/mol. The lowest BCUT2D eigenvalue weighted by atomic mass is 9.93. The van der Waals surface area contributed by atoms with Gasteiger partial charge in [0.1, 0.15) is 0 Å². The minimum atomic E-state index is 1.10. The van der Waals surface area contributed by atoms with Crippen molar-refractivity contribution in [3.63, 3.8) is 0 Å². The Labute approximate surface area is 714 Å². The Hall–Kier alpha value is -13.7. The van der Waals surface area contributed by atoms with Gasteiger partial charge in [0.2, 0.25) is 0 Å². The zero-order valence-corrected chi connectivity index (χ0v) is 70.6. The predicted molar refractivity (Wildman–Crippen MR) is 520 cm³/mol. The van der Waals surface area contributed by atoms with Crippen LogP contribution in [-0.2, 0) is 0 Å². The standard InChI is InChI=1S/C70H54N2.C26H23N.C18H10Br2/c1-47-23-41-67(49(3)43-47)71(59-37-33-57(34-38-59)55-29-25-53(26-30-55)51-15-7-5-8-16-51)69-45-65-62-20-12-14-22-64(62)70(46-66(65)61-19-11-13-21-63(61)69)72(68-42-24-48(2)44-50(68)4)60-39-35-58(36-40-60)56-31-27-54(28-32-56)52-17-9-6-10-18-52;1-19-8-17-26(20(2)18-19)27-25-15-13-24(14-16-25)23-11-9-22(10-12-23)21-6-4-3-5-7-21;19-17-10-16-12-6-2-4-8-14(12)18(20)9-15(16)11-5-1-3-7-13(11)17/h5-46H,1-4H3;3-18,27H,1-2H3;1-10H. The fraction of sp³-hybridized carbons (Fsp3) is 0.0526. The van der Waals surface area contributed by atoms with Gasteiger partial charge in [-0.1, -0.05) is 382 Å². The van der Waals surface area contributed by atoms with Crippen molar-refractivity contribution >= 4 is 142 Å². The fourth-order valence-electron chi connectivity index (χ4n) is 17.0. The molecule has 0 fully saturated rings.